The molecule has 1 aromatic rings. The first-order chi connectivity index (χ1) is 7.80. The van der Waals surface area contributed by atoms with Gasteiger partial charge in [0, 0.05) is 5.75 Å². The molecular formula is C12H19NO2S. The van der Waals surface area contributed by atoms with Crippen LogP contribution in [0.5, 0.6) is 0 Å². The third-order valence-electron chi connectivity index (χ3n) is 3.32. The molecular weight excluding hydrogens is 222 g/mol. The van der Waals surface area contributed by atoms with Crippen LogP contribution in [0.15, 0.2) is 22.8 Å². The molecule has 2 N–H and O–H groups in total. The smallest absolute Gasteiger partial charge is 0.113 e. The van der Waals surface area contributed by atoms with Gasteiger partial charge in [-0.2, -0.15) is 11.8 Å². The SMILES string of the molecule is CNC(CO)(CSCc1ccco1)C1CC1. The molecule has 3 nitrogen and oxygen atoms in total. The molecule has 0 amide bonds. The van der Waals surface area contributed by atoms with Crippen LogP contribution in [0.25, 0.3) is 0 Å². The van der Waals surface area contributed by atoms with E-state index < -0.39 is 0 Å². The highest BCUT2D eigenvalue weighted by Gasteiger charge is 2.43. The maximum Gasteiger partial charge on any atom is 0.113 e. The number of rotatable bonds is 7. The maximum absolute atomic E-state index is 9.54. The minimum absolute atomic E-state index is 0.0861. The zero-order chi connectivity index (χ0) is 11.4. The van der Waals surface area contributed by atoms with Crippen molar-refractivity contribution in [3.05, 3.63) is 24.2 Å². The van der Waals surface area contributed by atoms with Gasteiger partial charge in [0.25, 0.3) is 0 Å². The van der Waals surface area contributed by atoms with Crippen LogP contribution >= 0.6 is 11.8 Å². The van der Waals surface area contributed by atoms with Gasteiger partial charge in [0.05, 0.1) is 24.2 Å². The average molecular weight is 241 g/mol. The minimum Gasteiger partial charge on any atom is -0.468 e. The van der Waals surface area contributed by atoms with E-state index in [1.54, 1.807) is 6.26 Å². The van der Waals surface area contributed by atoms with Crippen molar-refractivity contribution in [3.8, 4) is 0 Å². The lowest BCUT2D eigenvalue weighted by atomic mass is 9.97. The first-order valence-corrected chi connectivity index (χ1v) is 6.86. The van der Waals surface area contributed by atoms with Gasteiger partial charge in [-0.1, -0.05) is 0 Å². The van der Waals surface area contributed by atoms with E-state index in [-0.39, 0.29) is 12.1 Å². The Bertz CT molecular complexity index is 305. The molecule has 16 heavy (non-hydrogen) atoms. The molecule has 2 rings (SSSR count). The summed E-state index contributed by atoms with van der Waals surface area (Å²) >= 11 is 1.82. The Kier molecular flexibility index (Phi) is 3.95. The van der Waals surface area contributed by atoms with E-state index in [0.29, 0.717) is 5.92 Å². The summed E-state index contributed by atoms with van der Waals surface area (Å²) in [5, 5.41) is 12.9. The summed E-state index contributed by atoms with van der Waals surface area (Å²) in [6.07, 6.45) is 4.18. The van der Waals surface area contributed by atoms with E-state index in [0.717, 1.165) is 17.3 Å². The van der Waals surface area contributed by atoms with Crippen LogP contribution in [-0.4, -0.2) is 30.1 Å². The second-order valence-corrected chi connectivity index (χ2v) is 5.40. The standard InChI is InChI=1S/C12H19NO2S/c1-13-12(8-14,10-4-5-10)9-16-7-11-3-2-6-15-11/h2-3,6,10,13-14H,4-5,7-9H2,1H3. The lowest BCUT2D eigenvalue weighted by Crippen LogP contribution is -2.51. The van der Waals surface area contributed by atoms with Crippen LogP contribution in [0, 0.1) is 5.92 Å². The van der Waals surface area contributed by atoms with Gasteiger partial charge in [-0.25, -0.2) is 0 Å². The fraction of sp³-hybridized carbons (Fsp3) is 0.667. The number of thioether (sulfide) groups is 1. The van der Waals surface area contributed by atoms with Crippen LogP contribution in [0.3, 0.4) is 0 Å². The summed E-state index contributed by atoms with van der Waals surface area (Å²) in [7, 11) is 1.95. The zero-order valence-electron chi connectivity index (χ0n) is 9.61. The van der Waals surface area contributed by atoms with Crippen LogP contribution in [0.1, 0.15) is 18.6 Å². The fourth-order valence-corrected chi connectivity index (χ4v) is 3.32. The molecule has 1 heterocycles. The van der Waals surface area contributed by atoms with Gasteiger partial charge in [0.2, 0.25) is 0 Å². The Morgan fingerprint density at radius 2 is 2.44 bits per heavy atom. The van der Waals surface area contributed by atoms with Gasteiger partial charge in [0.15, 0.2) is 0 Å². The van der Waals surface area contributed by atoms with Gasteiger partial charge in [0.1, 0.15) is 5.76 Å². The lowest BCUT2D eigenvalue weighted by molar-refractivity contribution is 0.167. The normalized spacial score (nSPS) is 19.6. The van der Waals surface area contributed by atoms with Crippen LogP contribution in [0.4, 0.5) is 0 Å². The molecule has 1 aliphatic carbocycles. The first-order valence-electron chi connectivity index (χ1n) is 5.70. The van der Waals surface area contributed by atoms with Crippen LogP contribution in [0.2, 0.25) is 0 Å². The molecule has 1 aromatic heterocycles. The Hall–Kier alpha value is -0.450. The Morgan fingerprint density at radius 1 is 1.62 bits per heavy atom. The highest BCUT2D eigenvalue weighted by molar-refractivity contribution is 7.98. The summed E-state index contributed by atoms with van der Waals surface area (Å²) in [4.78, 5) is 0. The first kappa shape index (κ1) is 12.0. The molecule has 0 aromatic carbocycles. The summed E-state index contributed by atoms with van der Waals surface area (Å²) in [5.74, 6) is 3.46. The Morgan fingerprint density at radius 3 is 2.94 bits per heavy atom. The van der Waals surface area contributed by atoms with Gasteiger partial charge >= 0.3 is 0 Å². The maximum atomic E-state index is 9.54. The molecule has 1 atom stereocenters. The number of aliphatic hydroxyl groups excluding tert-OH is 1. The molecule has 90 valence electrons. The fourth-order valence-electron chi connectivity index (χ4n) is 2.01. The van der Waals surface area contributed by atoms with Gasteiger partial charge in [-0.05, 0) is 37.9 Å². The summed E-state index contributed by atoms with van der Waals surface area (Å²) in [6.45, 7) is 0.222. The second-order valence-electron chi connectivity index (χ2n) is 4.41. The molecule has 1 unspecified atom stereocenters. The number of hydrogen-bond acceptors (Lipinski definition) is 4. The van der Waals surface area contributed by atoms with Crippen LogP contribution < -0.4 is 5.32 Å². The largest absolute Gasteiger partial charge is 0.468 e. The lowest BCUT2D eigenvalue weighted by Gasteiger charge is -2.31. The summed E-state index contributed by atoms with van der Waals surface area (Å²) < 4.78 is 5.29. The molecule has 1 saturated carbocycles. The van der Waals surface area contributed by atoms with Crippen molar-refractivity contribution >= 4 is 11.8 Å². The third-order valence-corrected chi connectivity index (χ3v) is 4.53. The molecule has 0 aliphatic heterocycles. The molecule has 1 fully saturated rings. The highest BCUT2D eigenvalue weighted by Crippen LogP contribution is 2.41. The monoisotopic (exact) mass is 241 g/mol. The predicted molar refractivity (Wildman–Crippen MR) is 66.5 cm³/mol. The van der Waals surface area contributed by atoms with E-state index in [1.807, 2.05) is 30.9 Å². The van der Waals surface area contributed by atoms with Crippen molar-refractivity contribution in [1.82, 2.24) is 5.32 Å². The van der Waals surface area contributed by atoms with E-state index in [9.17, 15) is 5.11 Å². The summed E-state index contributed by atoms with van der Waals surface area (Å²) in [5.41, 5.74) is -0.0861. The topological polar surface area (TPSA) is 45.4 Å². The predicted octanol–water partition coefficient (Wildman–Crippen LogP) is 1.87. The molecule has 0 saturated heterocycles. The number of aliphatic hydroxyl groups is 1. The molecule has 1 aliphatic rings. The summed E-state index contributed by atoms with van der Waals surface area (Å²) in [6, 6.07) is 3.90. The molecule has 0 bridgehead atoms. The second kappa shape index (κ2) is 5.25. The van der Waals surface area contributed by atoms with Crippen molar-refractivity contribution in [3.63, 3.8) is 0 Å². The quantitative estimate of drug-likeness (QED) is 0.765. The van der Waals surface area contributed by atoms with Gasteiger partial charge < -0.3 is 14.8 Å². The van der Waals surface area contributed by atoms with Crippen molar-refractivity contribution in [2.45, 2.75) is 24.1 Å². The zero-order valence-corrected chi connectivity index (χ0v) is 10.4. The number of likely N-dealkylation sites (N-methyl/N-ethyl adjacent to an activating group) is 1. The van der Waals surface area contributed by atoms with Crippen molar-refractivity contribution in [2.24, 2.45) is 5.92 Å². The molecule has 0 radical (unpaired) electrons. The highest BCUT2D eigenvalue weighted by atomic mass is 32.2. The van der Waals surface area contributed by atoms with E-state index >= 15 is 0 Å². The number of hydrogen-bond donors (Lipinski definition) is 2. The number of nitrogens with one attached hydrogen (secondary N) is 1. The molecule has 0 spiro atoms. The molecule has 4 heteroatoms. The Balaban J connectivity index is 1.82. The van der Waals surface area contributed by atoms with Crippen molar-refractivity contribution in [2.75, 3.05) is 19.4 Å². The third kappa shape index (κ3) is 2.62. The van der Waals surface area contributed by atoms with Crippen molar-refractivity contribution < 1.29 is 9.52 Å². The van der Waals surface area contributed by atoms with Crippen molar-refractivity contribution in [1.29, 1.82) is 0 Å². The van der Waals surface area contributed by atoms with E-state index in [2.05, 4.69) is 5.32 Å². The van der Waals surface area contributed by atoms with E-state index in [4.69, 9.17) is 4.42 Å². The average Bonchev–Trinajstić information content (AvgIpc) is 3.04. The number of furan rings is 1. The van der Waals surface area contributed by atoms with E-state index in [1.165, 1.54) is 12.8 Å². The minimum atomic E-state index is -0.0861. The van der Waals surface area contributed by atoms with Gasteiger partial charge in [-0.3, -0.25) is 0 Å². The van der Waals surface area contributed by atoms with Crippen LogP contribution in [-0.2, 0) is 5.75 Å². The Labute approximate surface area is 101 Å². The van der Waals surface area contributed by atoms with Gasteiger partial charge in [-0.15, -0.1) is 0 Å².